The predicted octanol–water partition coefficient (Wildman–Crippen LogP) is 16.6. The Morgan fingerprint density at radius 3 is 1.36 bits per heavy atom. The highest BCUT2D eigenvalue weighted by molar-refractivity contribution is 7.96. The van der Waals surface area contributed by atoms with Crippen molar-refractivity contribution in [3.8, 4) is 0 Å². The van der Waals surface area contributed by atoms with Gasteiger partial charge in [0, 0.05) is 51.2 Å². The highest BCUT2D eigenvalue weighted by Crippen LogP contribution is 2.17. The van der Waals surface area contributed by atoms with E-state index in [2.05, 4.69) is 54.4 Å². The third-order valence-corrected chi connectivity index (χ3v) is 13.3. The first kappa shape index (κ1) is 64.8. The molecule has 1 heterocycles. The third kappa shape index (κ3) is 50.1. The van der Waals surface area contributed by atoms with Crippen molar-refractivity contribution < 1.29 is 19.1 Å². The van der Waals surface area contributed by atoms with Crippen LogP contribution < -0.4 is 4.72 Å². The summed E-state index contributed by atoms with van der Waals surface area (Å²) in [5.41, 5.74) is 2.32. The quantitative estimate of drug-likeness (QED) is 0.0393. The molecule has 0 amide bonds. The van der Waals surface area contributed by atoms with Crippen LogP contribution in [-0.2, 0) is 24.8 Å². The molecule has 1 rings (SSSR count). The summed E-state index contributed by atoms with van der Waals surface area (Å²) < 4.78 is 14.4. The van der Waals surface area contributed by atoms with Gasteiger partial charge in [0.1, 0.15) is 12.6 Å². The van der Waals surface area contributed by atoms with Crippen molar-refractivity contribution in [3.05, 3.63) is 29.6 Å². The monoisotopic (exact) mass is 920 g/mol. The number of methoxy groups -OCH3 is 2. The lowest BCUT2D eigenvalue weighted by atomic mass is 10.0. The molecule has 0 aliphatic heterocycles. The van der Waals surface area contributed by atoms with Gasteiger partial charge in [-0.05, 0) is 96.0 Å². The summed E-state index contributed by atoms with van der Waals surface area (Å²) >= 11 is 1.77. The van der Waals surface area contributed by atoms with Gasteiger partial charge in [-0.25, -0.2) is 0 Å². The summed E-state index contributed by atoms with van der Waals surface area (Å²) in [6.45, 7) is 15.6. The van der Waals surface area contributed by atoms with E-state index in [1.54, 1.807) is 11.9 Å². The van der Waals surface area contributed by atoms with E-state index in [1.807, 2.05) is 27.3 Å². The number of aldehydes is 2. The molecule has 0 saturated heterocycles. The standard InChI is InChI=1S/C26H45N3O2S.C18H38O.C12H26O/c1-25-15-16-26(23-27-25)24-32-28-17-14-20-29(18-10-6-2-4-8-12-21-30)19-11-7-3-5-9-13-22-31;1-4-6-8-10-12-14-16-18(19-3)17-15-13-11-9-7-5-2;1-4-6-7-8-9-10-11-12(5-2)13-3/h15-16,21-23,28H,2-14,17-20,24H2,1H3;18H,4-17H2,1-3H3;12H,4-11H2,1-3H3. The Bertz CT molecular complexity index is 990. The van der Waals surface area contributed by atoms with Crippen LogP contribution in [0.25, 0.3) is 0 Å². The Morgan fingerprint density at radius 2 is 0.953 bits per heavy atom. The highest BCUT2D eigenvalue weighted by Gasteiger charge is 2.08. The van der Waals surface area contributed by atoms with Crippen LogP contribution in [0.1, 0.15) is 264 Å². The molecule has 378 valence electrons. The zero-order valence-corrected chi connectivity index (χ0v) is 44.6. The summed E-state index contributed by atoms with van der Waals surface area (Å²) in [5.74, 6) is 0.950. The Kier molecular flexibility index (Phi) is 56.7. The van der Waals surface area contributed by atoms with Crippen LogP contribution >= 0.6 is 11.9 Å². The molecule has 8 heteroatoms. The van der Waals surface area contributed by atoms with Gasteiger partial charge in [0.15, 0.2) is 0 Å². The van der Waals surface area contributed by atoms with Gasteiger partial charge < -0.3 is 24.0 Å². The van der Waals surface area contributed by atoms with E-state index >= 15 is 0 Å². The largest absolute Gasteiger partial charge is 0.381 e. The third-order valence-electron chi connectivity index (χ3n) is 12.4. The van der Waals surface area contributed by atoms with E-state index in [4.69, 9.17) is 9.47 Å². The molecule has 1 atom stereocenters. The molecule has 64 heavy (non-hydrogen) atoms. The average molecular weight is 921 g/mol. The number of aromatic nitrogens is 1. The van der Waals surface area contributed by atoms with E-state index in [-0.39, 0.29) is 0 Å². The number of hydrogen-bond acceptors (Lipinski definition) is 8. The topological polar surface area (TPSA) is 80.8 Å². The van der Waals surface area contributed by atoms with E-state index < -0.39 is 0 Å². The lowest BCUT2D eigenvalue weighted by Crippen LogP contribution is -2.29. The van der Waals surface area contributed by atoms with Crippen LogP contribution in [0.4, 0.5) is 0 Å². The number of hydrogen-bond donors (Lipinski definition) is 1. The Hall–Kier alpha value is -1.32. The second kappa shape index (κ2) is 56.0. The molecule has 0 aliphatic carbocycles. The molecule has 0 saturated carbocycles. The van der Waals surface area contributed by atoms with Gasteiger partial charge in [0.25, 0.3) is 0 Å². The Labute approximate surface area is 403 Å². The van der Waals surface area contributed by atoms with Crippen LogP contribution in [0.5, 0.6) is 0 Å². The van der Waals surface area contributed by atoms with Crippen LogP contribution in [0.2, 0.25) is 0 Å². The van der Waals surface area contributed by atoms with Crippen LogP contribution in [0.3, 0.4) is 0 Å². The molecule has 0 fully saturated rings. The summed E-state index contributed by atoms with van der Waals surface area (Å²) in [6.07, 6.45) is 49.6. The maximum absolute atomic E-state index is 10.4. The predicted molar refractivity (Wildman–Crippen MR) is 283 cm³/mol. The first-order chi connectivity index (χ1) is 31.4. The van der Waals surface area contributed by atoms with E-state index in [0.29, 0.717) is 25.0 Å². The van der Waals surface area contributed by atoms with Crippen molar-refractivity contribution in [3.63, 3.8) is 0 Å². The molecule has 0 bridgehead atoms. The van der Waals surface area contributed by atoms with Crippen molar-refractivity contribution in [1.29, 1.82) is 0 Å². The zero-order valence-electron chi connectivity index (χ0n) is 43.8. The number of carbonyl (C=O) groups excluding carboxylic acids is 2. The number of rotatable bonds is 47. The molecular formula is C56H109N3O4S. The minimum atomic E-state index is 0.506. The molecule has 1 unspecified atom stereocenters. The summed E-state index contributed by atoms with van der Waals surface area (Å²) in [6, 6.07) is 4.22. The maximum Gasteiger partial charge on any atom is 0.119 e. The fourth-order valence-electron chi connectivity index (χ4n) is 8.01. The number of nitrogens with one attached hydrogen (secondary N) is 1. The second-order valence-corrected chi connectivity index (χ2v) is 19.3. The molecule has 0 spiro atoms. The number of ether oxygens (including phenoxy) is 2. The molecule has 1 N–H and O–H groups in total. The molecular weight excluding hydrogens is 811 g/mol. The van der Waals surface area contributed by atoms with Gasteiger partial charge in [-0.2, -0.15) is 0 Å². The van der Waals surface area contributed by atoms with E-state index in [0.717, 1.165) is 62.8 Å². The molecule has 7 nitrogen and oxygen atoms in total. The minimum Gasteiger partial charge on any atom is -0.381 e. The first-order valence-electron chi connectivity index (χ1n) is 27.4. The zero-order chi connectivity index (χ0) is 47.2. The van der Waals surface area contributed by atoms with Crippen molar-refractivity contribution in [2.75, 3.05) is 40.4 Å². The average Bonchev–Trinajstić information content (AvgIpc) is 3.31. The molecule has 1 aromatic heterocycles. The molecule has 0 aromatic carbocycles. The lowest BCUT2D eigenvalue weighted by Gasteiger charge is -2.22. The van der Waals surface area contributed by atoms with E-state index in [1.165, 1.54) is 205 Å². The van der Waals surface area contributed by atoms with Crippen molar-refractivity contribution >= 4 is 24.5 Å². The fourth-order valence-corrected chi connectivity index (χ4v) is 8.74. The minimum absolute atomic E-state index is 0.506. The molecule has 0 radical (unpaired) electrons. The van der Waals surface area contributed by atoms with Gasteiger partial charge in [-0.3, -0.25) is 9.71 Å². The Balaban J connectivity index is 0. The maximum atomic E-state index is 10.4. The smallest absolute Gasteiger partial charge is 0.119 e. The first-order valence-corrected chi connectivity index (χ1v) is 28.4. The highest BCUT2D eigenvalue weighted by atomic mass is 32.2. The van der Waals surface area contributed by atoms with Crippen LogP contribution in [-0.4, -0.2) is 75.1 Å². The lowest BCUT2D eigenvalue weighted by molar-refractivity contribution is -0.108. The molecule has 1 aromatic rings. The van der Waals surface area contributed by atoms with Crippen molar-refractivity contribution in [1.82, 2.24) is 14.6 Å². The summed E-state index contributed by atoms with van der Waals surface area (Å²) in [7, 11) is 3.71. The summed E-state index contributed by atoms with van der Waals surface area (Å²) in [4.78, 5) is 27.8. The number of nitrogens with zero attached hydrogens (tertiary/aromatic N) is 2. The number of unbranched alkanes of at least 4 members (excludes halogenated alkanes) is 25. The summed E-state index contributed by atoms with van der Waals surface area (Å²) in [5, 5.41) is 0. The molecule has 0 aliphatic rings. The van der Waals surface area contributed by atoms with Crippen molar-refractivity contribution in [2.45, 2.75) is 277 Å². The van der Waals surface area contributed by atoms with Crippen molar-refractivity contribution in [2.24, 2.45) is 0 Å². The van der Waals surface area contributed by atoms with Gasteiger partial charge >= 0.3 is 0 Å². The number of aryl methyl sites for hydroxylation is 1. The van der Waals surface area contributed by atoms with Crippen LogP contribution in [0.15, 0.2) is 18.3 Å². The van der Waals surface area contributed by atoms with Gasteiger partial charge in [0.2, 0.25) is 0 Å². The SMILES string of the molecule is CCCCCCCCC(CC)OC.CCCCCCCCC(CCCCCCCC)OC.Cc1ccc(CSNCCCN(CCCCCCCC=O)CCCCCCCC=O)cn1. The van der Waals surface area contributed by atoms with E-state index in [9.17, 15) is 9.59 Å². The number of carbonyl (C=O) groups is 2. The van der Waals surface area contributed by atoms with Crippen LogP contribution in [0, 0.1) is 6.92 Å². The number of pyridine rings is 1. The fraction of sp³-hybridized carbons (Fsp3) is 0.875. The van der Waals surface area contributed by atoms with Gasteiger partial charge in [0.05, 0.1) is 12.2 Å². The second-order valence-electron chi connectivity index (χ2n) is 18.4. The van der Waals surface area contributed by atoms with Gasteiger partial charge in [-0.15, -0.1) is 0 Å². The Morgan fingerprint density at radius 1 is 0.547 bits per heavy atom. The van der Waals surface area contributed by atoms with Gasteiger partial charge in [-0.1, -0.05) is 200 Å². The normalized spacial score (nSPS) is 11.6.